The van der Waals surface area contributed by atoms with E-state index in [4.69, 9.17) is 9.47 Å². The number of fused-ring (bicyclic) bond motifs is 2. The van der Waals surface area contributed by atoms with Crippen LogP contribution in [0.2, 0.25) is 0 Å². The fourth-order valence-corrected chi connectivity index (χ4v) is 3.46. The first kappa shape index (κ1) is 15.3. The highest BCUT2D eigenvalue weighted by atomic mass is 16.5. The molecular weight excluding hydrogens is 322 g/mol. The van der Waals surface area contributed by atoms with Crippen molar-refractivity contribution in [1.82, 2.24) is 4.57 Å². The monoisotopic (exact) mass is 337 g/mol. The maximum atomic E-state index is 13.0. The third-order valence-corrected chi connectivity index (χ3v) is 4.63. The lowest BCUT2D eigenvalue weighted by molar-refractivity contribution is 0.411. The number of nitrogens with zero attached hydrogens (tertiary/aromatic N) is 1. The second kappa shape index (κ2) is 5.11. The number of aromatic hydroxyl groups is 1. The van der Waals surface area contributed by atoms with Gasteiger partial charge in [0.1, 0.15) is 5.75 Å². The molecular formula is C19H15NO5. The van der Waals surface area contributed by atoms with Gasteiger partial charge in [-0.3, -0.25) is 9.59 Å². The van der Waals surface area contributed by atoms with E-state index in [1.807, 2.05) is 6.07 Å². The number of aryl methyl sites for hydroxylation is 1. The topological polar surface area (TPSA) is 77.8 Å². The first-order valence-electron chi connectivity index (χ1n) is 7.65. The zero-order chi connectivity index (χ0) is 17.9. The summed E-state index contributed by atoms with van der Waals surface area (Å²) in [6.07, 6.45) is 1.79. The Kier molecular flexibility index (Phi) is 3.12. The number of ether oxygens (including phenoxy) is 2. The second-order valence-electron chi connectivity index (χ2n) is 5.89. The van der Waals surface area contributed by atoms with Crippen molar-refractivity contribution in [2.45, 2.75) is 0 Å². The molecule has 0 bridgehead atoms. The predicted octanol–water partition coefficient (Wildman–Crippen LogP) is 2.37. The van der Waals surface area contributed by atoms with E-state index in [1.165, 1.54) is 20.3 Å². The van der Waals surface area contributed by atoms with Crippen molar-refractivity contribution >= 4 is 32.4 Å². The standard InChI is InChI=1S/C19H15NO5/c1-20-7-6-9-8-12(25-3)19(23)15-13(9)16(20)17(21)10-4-5-11(24-2)18(22)14(10)15/h4-8,21H,1-3H3. The van der Waals surface area contributed by atoms with Crippen LogP contribution in [0.25, 0.3) is 32.4 Å². The first-order valence-corrected chi connectivity index (χ1v) is 7.65. The van der Waals surface area contributed by atoms with Gasteiger partial charge in [0.2, 0.25) is 10.9 Å². The molecule has 6 heteroatoms. The summed E-state index contributed by atoms with van der Waals surface area (Å²) in [7, 11) is 4.58. The van der Waals surface area contributed by atoms with Crippen molar-refractivity contribution in [3.05, 3.63) is 50.9 Å². The molecule has 0 aliphatic carbocycles. The van der Waals surface area contributed by atoms with Crippen LogP contribution >= 0.6 is 0 Å². The summed E-state index contributed by atoms with van der Waals surface area (Å²) < 4.78 is 12.0. The zero-order valence-corrected chi connectivity index (χ0v) is 13.9. The van der Waals surface area contributed by atoms with E-state index in [0.29, 0.717) is 21.7 Å². The molecule has 1 aromatic heterocycles. The number of benzene rings is 3. The summed E-state index contributed by atoms with van der Waals surface area (Å²) in [5.41, 5.74) is -0.332. The Morgan fingerprint density at radius 2 is 1.60 bits per heavy atom. The van der Waals surface area contributed by atoms with E-state index in [-0.39, 0.29) is 33.4 Å². The molecule has 0 saturated heterocycles. The molecule has 0 aliphatic rings. The number of phenols is 1. The minimum atomic E-state index is -0.435. The molecule has 3 aromatic carbocycles. The van der Waals surface area contributed by atoms with Crippen LogP contribution < -0.4 is 20.3 Å². The molecule has 0 fully saturated rings. The molecule has 0 amide bonds. The zero-order valence-electron chi connectivity index (χ0n) is 13.9. The predicted molar refractivity (Wildman–Crippen MR) is 96.4 cm³/mol. The van der Waals surface area contributed by atoms with Crippen LogP contribution in [-0.2, 0) is 7.05 Å². The number of pyridine rings is 1. The van der Waals surface area contributed by atoms with E-state index in [1.54, 1.807) is 29.9 Å². The lowest BCUT2D eigenvalue weighted by Crippen LogP contribution is -2.13. The van der Waals surface area contributed by atoms with Crippen LogP contribution in [0.4, 0.5) is 0 Å². The molecule has 4 rings (SSSR count). The maximum absolute atomic E-state index is 13.0. The number of hydrogen-bond acceptors (Lipinski definition) is 5. The van der Waals surface area contributed by atoms with Crippen molar-refractivity contribution in [1.29, 1.82) is 0 Å². The van der Waals surface area contributed by atoms with Crippen LogP contribution in [0.3, 0.4) is 0 Å². The highest BCUT2D eigenvalue weighted by molar-refractivity contribution is 6.23. The smallest absolute Gasteiger partial charge is 0.229 e. The van der Waals surface area contributed by atoms with Gasteiger partial charge in [-0.2, -0.15) is 0 Å². The van der Waals surface area contributed by atoms with Gasteiger partial charge in [-0.1, -0.05) is 0 Å². The van der Waals surface area contributed by atoms with Gasteiger partial charge in [-0.05, 0) is 29.7 Å². The van der Waals surface area contributed by atoms with Crippen molar-refractivity contribution < 1.29 is 14.6 Å². The largest absolute Gasteiger partial charge is 0.505 e. The molecule has 0 atom stereocenters. The number of hydrogen-bond donors (Lipinski definition) is 1. The minimum Gasteiger partial charge on any atom is -0.505 e. The van der Waals surface area contributed by atoms with Crippen molar-refractivity contribution in [3.8, 4) is 17.2 Å². The van der Waals surface area contributed by atoms with E-state index >= 15 is 0 Å². The second-order valence-corrected chi connectivity index (χ2v) is 5.89. The number of aromatic nitrogens is 1. The fourth-order valence-electron chi connectivity index (χ4n) is 3.46. The van der Waals surface area contributed by atoms with Crippen molar-refractivity contribution in [2.24, 2.45) is 7.05 Å². The lowest BCUT2D eigenvalue weighted by Gasteiger charge is -2.15. The molecule has 1 heterocycles. The Hall–Kier alpha value is -3.28. The number of methoxy groups -OCH3 is 2. The highest BCUT2D eigenvalue weighted by Gasteiger charge is 2.22. The van der Waals surface area contributed by atoms with Gasteiger partial charge in [0.05, 0.1) is 19.7 Å². The van der Waals surface area contributed by atoms with Crippen molar-refractivity contribution in [3.63, 3.8) is 0 Å². The molecule has 25 heavy (non-hydrogen) atoms. The van der Waals surface area contributed by atoms with Gasteiger partial charge in [0, 0.05) is 34.8 Å². The first-order chi connectivity index (χ1) is 12.0. The Morgan fingerprint density at radius 3 is 2.28 bits per heavy atom. The third-order valence-electron chi connectivity index (χ3n) is 4.63. The van der Waals surface area contributed by atoms with E-state index < -0.39 is 5.43 Å². The SMILES string of the molecule is COc1ccc2c(O)c3c4c(ccn3C)cc(OC)c(=O)c4c2c1=O. The Labute approximate surface area is 141 Å². The molecule has 4 aromatic rings. The molecule has 126 valence electrons. The fraction of sp³-hybridized carbons (Fsp3) is 0.158. The Bertz CT molecular complexity index is 1270. The average Bonchev–Trinajstić information content (AvgIpc) is 2.61. The highest BCUT2D eigenvalue weighted by Crippen LogP contribution is 2.39. The van der Waals surface area contributed by atoms with Gasteiger partial charge in [0.15, 0.2) is 11.5 Å². The molecule has 1 N–H and O–H groups in total. The van der Waals surface area contributed by atoms with Crippen LogP contribution in [0.15, 0.2) is 40.1 Å². The number of phenolic OH excluding ortho intramolecular Hbond substituents is 1. The summed E-state index contributed by atoms with van der Waals surface area (Å²) in [4.78, 5) is 25.8. The summed E-state index contributed by atoms with van der Waals surface area (Å²) in [5.74, 6) is 0.224. The maximum Gasteiger partial charge on any atom is 0.229 e. The van der Waals surface area contributed by atoms with Gasteiger partial charge < -0.3 is 19.1 Å². The Morgan fingerprint density at radius 1 is 0.920 bits per heavy atom. The van der Waals surface area contributed by atoms with E-state index in [0.717, 1.165) is 0 Å². The van der Waals surface area contributed by atoms with Crippen LogP contribution in [0, 0.1) is 0 Å². The molecule has 6 nitrogen and oxygen atoms in total. The third kappa shape index (κ3) is 1.85. The van der Waals surface area contributed by atoms with Gasteiger partial charge in [-0.15, -0.1) is 0 Å². The lowest BCUT2D eigenvalue weighted by atomic mass is 9.95. The molecule has 0 saturated carbocycles. The van der Waals surface area contributed by atoms with Gasteiger partial charge in [-0.25, -0.2) is 0 Å². The van der Waals surface area contributed by atoms with Crippen molar-refractivity contribution in [2.75, 3.05) is 14.2 Å². The average molecular weight is 337 g/mol. The van der Waals surface area contributed by atoms with Gasteiger partial charge >= 0.3 is 0 Å². The van der Waals surface area contributed by atoms with E-state index in [9.17, 15) is 14.7 Å². The minimum absolute atomic E-state index is 0.0417. The van der Waals surface area contributed by atoms with Gasteiger partial charge in [0.25, 0.3) is 0 Å². The normalized spacial score (nSPS) is 11.5. The van der Waals surface area contributed by atoms with E-state index in [2.05, 4.69) is 0 Å². The molecule has 0 radical (unpaired) electrons. The summed E-state index contributed by atoms with van der Waals surface area (Å²) in [5, 5.41) is 12.7. The Balaban J connectivity index is 2.50. The molecule has 0 aliphatic heterocycles. The van der Waals surface area contributed by atoms with Crippen LogP contribution in [0.5, 0.6) is 17.2 Å². The summed E-state index contributed by atoms with van der Waals surface area (Å²) in [6, 6.07) is 6.51. The number of rotatable bonds is 2. The molecule has 0 unspecified atom stereocenters. The quantitative estimate of drug-likeness (QED) is 0.449. The van der Waals surface area contributed by atoms with Crippen LogP contribution in [-0.4, -0.2) is 23.9 Å². The molecule has 0 spiro atoms. The summed E-state index contributed by atoms with van der Waals surface area (Å²) in [6.45, 7) is 0. The van der Waals surface area contributed by atoms with Crippen LogP contribution in [0.1, 0.15) is 0 Å². The summed E-state index contributed by atoms with van der Waals surface area (Å²) >= 11 is 0.